The van der Waals surface area contributed by atoms with Gasteiger partial charge in [0.25, 0.3) is 0 Å². The van der Waals surface area contributed by atoms with Gasteiger partial charge in [-0.1, -0.05) is 74.9 Å². The molecule has 0 aliphatic carbocycles. The number of rotatable bonds is 16. The van der Waals surface area contributed by atoms with Gasteiger partial charge in [-0.2, -0.15) is 4.31 Å². The number of sulfonamides is 1. The topological polar surface area (TPSA) is 229 Å². The Kier molecular flexibility index (Phi) is 13.5. The third-order valence-electron chi connectivity index (χ3n) is 8.75. The highest BCUT2D eigenvalue weighted by atomic mass is 32.2. The van der Waals surface area contributed by atoms with Gasteiger partial charge in [-0.25, -0.2) is 8.42 Å². The van der Waals surface area contributed by atoms with E-state index in [0.29, 0.717) is 47.8 Å². The van der Waals surface area contributed by atoms with E-state index >= 15 is 0 Å². The van der Waals surface area contributed by atoms with Crippen LogP contribution < -0.4 is 33.6 Å². The quantitative estimate of drug-likeness (QED) is 0.0556. The first-order valence-corrected chi connectivity index (χ1v) is 18.6. The first-order chi connectivity index (χ1) is 23.8. The fraction of sp³-hybridized carbons (Fsp3) is 0.444. The summed E-state index contributed by atoms with van der Waals surface area (Å²) in [5.41, 5.74) is 24.6. The lowest BCUT2D eigenvalue weighted by Gasteiger charge is -2.28. The molecule has 0 radical (unpaired) electrons. The number of nitrogens with two attached hydrogens (primary N) is 4. The van der Waals surface area contributed by atoms with Gasteiger partial charge in [0.2, 0.25) is 21.8 Å². The molecule has 50 heavy (non-hydrogen) atoms. The smallest absolute Gasteiger partial charge is 0.246 e. The SMILES string of the molecule is CC(C)C[C@@H](N)C(=O)c1ccccc1C[C@H](N)C(=O)N[C@@H](CCCN=C(N)N)C(=O)Nc1ccc2ccccc2c1S(=O)(=O)N1CCCCC1. The fourth-order valence-corrected chi connectivity index (χ4v) is 8.07. The summed E-state index contributed by atoms with van der Waals surface area (Å²) in [6.45, 7) is 4.94. The van der Waals surface area contributed by atoms with Crippen molar-refractivity contribution in [3.05, 3.63) is 71.8 Å². The predicted octanol–water partition coefficient (Wildman–Crippen LogP) is 2.62. The van der Waals surface area contributed by atoms with Gasteiger partial charge in [-0.15, -0.1) is 0 Å². The molecule has 10 N–H and O–H groups in total. The van der Waals surface area contributed by atoms with Crippen molar-refractivity contribution in [1.29, 1.82) is 0 Å². The van der Waals surface area contributed by atoms with Gasteiger partial charge in [-0.05, 0) is 61.5 Å². The normalized spacial score (nSPS) is 15.6. The third kappa shape index (κ3) is 9.87. The van der Waals surface area contributed by atoms with Crippen molar-refractivity contribution < 1.29 is 22.8 Å². The number of fused-ring (bicyclic) bond motifs is 1. The van der Waals surface area contributed by atoms with Crippen LogP contribution >= 0.6 is 0 Å². The molecule has 0 bridgehead atoms. The van der Waals surface area contributed by atoms with Gasteiger partial charge >= 0.3 is 0 Å². The number of ketones is 1. The molecule has 1 fully saturated rings. The number of hydrogen-bond acceptors (Lipinski definition) is 8. The van der Waals surface area contributed by atoms with E-state index in [9.17, 15) is 22.8 Å². The van der Waals surface area contributed by atoms with Gasteiger partial charge < -0.3 is 33.6 Å². The fourth-order valence-electron chi connectivity index (χ4n) is 6.21. The Morgan fingerprint density at radius 1 is 0.880 bits per heavy atom. The maximum Gasteiger partial charge on any atom is 0.246 e. The summed E-state index contributed by atoms with van der Waals surface area (Å²) >= 11 is 0. The molecule has 1 aliphatic heterocycles. The highest BCUT2D eigenvalue weighted by Gasteiger charge is 2.32. The van der Waals surface area contributed by atoms with E-state index in [1.165, 1.54) is 4.31 Å². The number of carbonyl (C=O) groups excluding carboxylic acids is 3. The molecule has 0 aromatic heterocycles. The largest absolute Gasteiger partial charge is 0.370 e. The zero-order chi connectivity index (χ0) is 36.4. The molecule has 4 rings (SSSR count). The molecular formula is C36H50N8O5S. The number of hydrogen-bond donors (Lipinski definition) is 6. The van der Waals surface area contributed by atoms with Crippen LogP contribution in [0.2, 0.25) is 0 Å². The number of guanidine groups is 1. The van der Waals surface area contributed by atoms with Crippen LogP contribution in [-0.4, -0.2) is 74.0 Å². The van der Waals surface area contributed by atoms with Crippen molar-refractivity contribution in [1.82, 2.24) is 9.62 Å². The van der Waals surface area contributed by atoms with Crippen LogP contribution in [0.3, 0.4) is 0 Å². The lowest BCUT2D eigenvalue weighted by atomic mass is 9.91. The van der Waals surface area contributed by atoms with Crippen LogP contribution in [0.25, 0.3) is 10.8 Å². The Hall–Kier alpha value is -4.37. The molecule has 3 aromatic carbocycles. The average molecular weight is 707 g/mol. The van der Waals surface area contributed by atoms with Crippen molar-refractivity contribution in [3.63, 3.8) is 0 Å². The van der Waals surface area contributed by atoms with Gasteiger partial charge in [0, 0.05) is 30.6 Å². The summed E-state index contributed by atoms with van der Waals surface area (Å²) in [4.78, 5) is 44.6. The summed E-state index contributed by atoms with van der Waals surface area (Å²) in [6, 6.07) is 14.4. The van der Waals surface area contributed by atoms with Gasteiger partial charge in [0.15, 0.2) is 11.7 Å². The second-order valence-corrected chi connectivity index (χ2v) is 15.1. The number of amides is 2. The number of piperidine rings is 1. The van der Waals surface area contributed by atoms with E-state index in [0.717, 1.165) is 19.3 Å². The monoisotopic (exact) mass is 706 g/mol. The Morgan fingerprint density at radius 3 is 2.26 bits per heavy atom. The summed E-state index contributed by atoms with van der Waals surface area (Å²) in [5, 5.41) is 6.73. The number of benzene rings is 3. The van der Waals surface area contributed by atoms with E-state index in [1.807, 2.05) is 26.0 Å². The summed E-state index contributed by atoms with van der Waals surface area (Å²) in [5.74, 6) is -1.37. The van der Waals surface area contributed by atoms with E-state index in [1.54, 1.807) is 48.5 Å². The van der Waals surface area contributed by atoms with E-state index < -0.39 is 40.0 Å². The molecule has 3 atom stereocenters. The van der Waals surface area contributed by atoms with Gasteiger partial charge in [-0.3, -0.25) is 19.4 Å². The van der Waals surface area contributed by atoms with Gasteiger partial charge in [0.05, 0.1) is 17.8 Å². The summed E-state index contributed by atoms with van der Waals surface area (Å²) in [6.07, 6.45) is 3.43. The lowest BCUT2D eigenvalue weighted by molar-refractivity contribution is -0.127. The van der Waals surface area contributed by atoms with E-state index in [4.69, 9.17) is 22.9 Å². The lowest BCUT2D eigenvalue weighted by Crippen LogP contribution is -2.51. The minimum atomic E-state index is -3.99. The molecule has 1 aliphatic rings. The van der Waals surface area contributed by atoms with Gasteiger partial charge in [0.1, 0.15) is 10.9 Å². The first-order valence-electron chi connectivity index (χ1n) is 17.1. The van der Waals surface area contributed by atoms with Crippen LogP contribution in [0.1, 0.15) is 68.3 Å². The molecule has 3 aromatic rings. The number of nitrogens with one attached hydrogen (secondary N) is 2. The van der Waals surface area contributed by atoms with Crippen LogP contribution in [0, 0.1) is 5.92 Å². The number of nitrogens with zero attached hydrogens (tertiary/aromatic N) is 2. The standard InChI is InChI=1S/C36H50N8O5S/c1-23(2)21-28(37)32(45)26-13-6-5-12-25(26)22-29(38)34(46)43-31(15-10-18-41-36(39)40)35(47)42-30-17-16-24-11-4-7-14-27(24)33(30)50(48,49)44-19-8-3-9-20-44/h4-7,11-14,16-17,23,28-29,31H,3,8-10,15,18-22,37-38H2,1-2H3,(H,42,47)(H,43,46)(H4,39,40,41)/t28-,29+,31+/m1/s1. The molecule has 0 unspecified atom stereocenters. The second-order valence-electron chi connectivity index (χ2n) is 13.2. The molecule has 270 valence electrons. The number of carbonyl (C=O) groups is 3. The summed E-state index contributed by atoms with van der Waals surface area (Å²) in [7, 11) is -3.99. The Labute approximate surface area is 294 Å². The van der Waals surface area contributed by atoms with Crippen molar-refractivity contribution in [2.45, 2.75) is 81.8 Å². The van der Waals surface area contributed by atoms with Crippen molar-refractivity contribution in [2.75, 3.05) is 25.0 Å². The Morgan fingerprint density at radius 2 is 1.56 bits per heavy atom. The molecule has 1 saturated heterocycles. The van der Waals surface area contributed by atoms with E-state index in [-0.39, 0.29) is 47.6 Å². The minimum Gasteiger partial charge on any atom is -0.370 e. The Balaban J connectivity index is 1.59. The van der Waals surface area contributed by atoms with Crippen LogP contribution in [0.4, 0.5) is 5.69 Å². The van der Waals surface area contributed by atoms with Crippen molar-refractivity contribution in [3.8, 4) is 0 Å². The highest BCUT2D eigenvalue weighted by molar-refractivity contribution is 7.89. The predicted molar refractivity (Wildman–Crippen MR) is 197 cm³/mol. The first kappa shape index (κ1) is 38.4. The molecule has 13 nitrogen and oxygen atoms in total. The average Bonchev–Trinajstić information content (AvgIpc) is 3.09. The maximum atomic E-state index is 14.1. The van der Waals surface area contributed by atoms with Crippen LogP contribution in [0.5, 0.6) is 0 Å². The number of anilines is 1. The third-order valence-corrected chi connectivity index (χ3v) is 10.8. The maximum absolute atomic E-state index is 14.1. The van der Waals surface area contributed by atoms with Crippen LogP contribution in [0.15, 0.2) is 70.6 Å². The molecular weight excluding hydrogens is 657 g/mol. The molecule has 0 spiro atoms. The molecule has 14 heteroatoms. The molecule has 1 heterocycles. The van der Waals surface area contributed by atoms with Crippen LogP contribution in [-0.2, 0) is 26.0 Å². The van der Waals surface area contributed by atoms with E-state index in [2.05, 4.69) is 15.6 Å². The Bertz CT molecular complexity index is 1800. The number of aliphatic imine (C=N–C) groups is 1. The second kappa shape index (κ2) is 17.5. The van der Waals surface area contributed by atoms with Crippen molar-refractivity contribution >= 4 is 50.0 Å². The highest BCUT2D eigenvalue weighted by Crippen LogP contribution is 2.34. The zero-order valence-electron chi connectivity index (χ0n) is 28.8. The summed E-state index contributed by atoms with van der Waals surface area (Å²) < 4.78 is 29.6. The number of Topliss-reactive ketones (excluding diaryl/α,β-unsaturated/α-hetero) is 1. The molecule has 2 amide bonds. The minimum absolute atomic E-state index is 0.00471. The van der Waals surface area contributed by atoms with Crippen molar-refractivity contribution in [2.24, 2.45) is 33.8 Å². The molecule has 0 saturated carbocycles. The zero-order valence-corrected chi connectivity index (χ0v) is 29.6.